The van der Waals surface area contributed by atoms with Crippen LogP contribution in [0.25, 0.3) is 0 Å². The Hall–Kier alpha value is -0.870. The van der Waals surface area contributed by atoms with E-state index in [0.717, 1.165) is 26.1 Å². The van der Waals surface area contributed by atoms with Gasteiger partial charge in [-0.25, -0.2) is 0 Å². The molecule has 72 valence electrons. The van der Waals surface area contributed by atoms with Gasteiger partial charge in [-0.05, 0) is 6.07 Å². The third-order valence-electron chi connectivity index (χ3n) is 2.47. The van der Waals surface area contributed by atoms with Crippen LogP contribution in [0.15, 0.2) is 12.3 Å². The van der Waals surface area contributed by atoms with Gasteiger partial charge in [-0.2, -0.15) is 5.10 Å². The van der Waals surface area contributed by atoms with E-state index in [0.29, 0.717) is 0 Å². The Balaban J connectivity index is 1.72. The minimum Gasteiger partial charge on any atom is -0.314 e. The van der Waals surface area contributed by atoms with E-state index >= 15 is 0 Å². The monoisotopic (exact) mass is 180 g/mol. The van der Waals surface area contributed by atoms with Crippen molar-refractivity contribution >= 4 is 0 Å². The zero-order valence-corrected chi connectivity index (χ0v) is 7.79. The Bertz CT molecular complexity index is 226. The average Bonchev–Trinajstić information content (AvgIpc) is 2.69. The SMILES string of the molecule is c1cc(CCN2CCNCC2)[nH]n1. The Morgan fingerprint density at radius 3 is 2.92 bits per heavy atom. The van der Waals surface area contributed by atoms with Crippen molar-refractivity contribution in [1.29, 1.82) is 0 Å². The molecule has 0 atom stereocenters. The van der Waals surface area contributed by atoms with Crippen LogP contribution in [0.1, 0.15) is 5.69 Å². The molecule has 1 aromatic heterocycles. The van der Waals surface area contributed by atoms with E-state index in [1.807, 2.05) is 12.3 Å². The fourth-order valence-electron chi connectivity index (χ4n) is 1.64. The fourth-order valence-corrected chi connectivity index (χ4v) is 1.64. The molecule has 4 nitrogen and oxygen atoms in total. The molecule has 1 aliphatic rings. The Kier molecular flexibility index (Phi) is 2.94. The van der Waals surface area contributed by atoms with E-state index < -0.39 is 0 Å². The van der Waals surface area contributed by atoms with Crippen molar-refractivity contribution in [2.45, 2.75) is 6.42 Å². The third-order valence-corrected chi connectivity index (χ3v) is 2.47. The zero-order valence-electron chi connectivity index (χ0n) is 7.79. The molecule has 1 fully saturated rings. The first-order chi connectivity index (χ1) is 6.45. The van der Waals surface area contributed by atoms with E-state index in [1.165, 1.54) is 18.8 Å². The van der Waals surface area contributed by atoms with Crippen molar-refractivity contribution in [3.05, 3.63) is 18.0 Å². The lowest BCUT2D eigenvalue weighted by Crippen LogP contribution is -2.44. The number of aromatic nitrogens is 2. The van der Waals surface area contributed by atoms with Gasteiger partial charge in [0.05, 0.1) is 0 Å². The van der Waals surface area contributed by atoms with Gasteiger partial charge in [0.25, 0.3) is 0 Å². The zero-order chi connectivity index (χ0) is 8.93. The van der Waals surface area contributed by atoms with Crippen LogP contribution in [0.5, 0.6) is 0 Å². The molecule has 1 saturated heterocycles. The van der Waals surface area contributed by atoms with E-state index in [-0.39, 0.29) is 0 Å². The molecule has 0 amide bonds. The van der Waals surface area contributed by atoms with Crippen LogP contribution in [0.2, 0.25) is 0 Å². The summed E-state index contributed by atoms with van der Waals surface area (Å²) in [6.07, 6.45) is 2.90. The number of piperazine rings is 1. The summed E-state index contributed by atoms with van der Waals surface area (Å²) in [6, 6.07) is 2.04. The number of nitrogens with one attached hydrogen (secondary N) is 2. The van der Waals surface area contributed by atoms with Gasteiger partial charge in [0.15, 0.2) is 0 Å². The predicted molar refractivity (Wildman–Crippen MR) is 51.6 cm³/mol. The van der Waals surface area contributed by atoms with Crippen LogP contribution in [-0.4, -0.2) is 47.8 Å². The molecule has 1 aliphatic heterocycles. The lowest BCUT2D eigenvalue weighted by Gasteiger charge is -2.26. The second-order valence-corrected chi connectivity index (χ2v) is 3.42. The van der Waals surface area contributed by atoms with Gasteiger partial charge in [0.1, 0.15) is 0 Å². The van der Waals surface area contributed by atoms with Crippen molar-refractivity contribution in [1.82, 2.24) is 20.4 Å². The molecule has 2 heterocycles. The molecule has 4 heteroatoms. The summed E-state index contributed by atoms with van der Waals surface area (Å²) < 4.78 is 0. The fraction of sp³-hybridized carbons (Fsp3) is 0.667. The van der Waals surface area contributed by atoms with Crippen LogP contribution in [-0.2, 0) is 6.42 Å². The lowest BCUT2D eigenvalue weighted by molar-refractivity contribution is 0.243. The summed E-state index contributed by atoms with van der Waals surface area (Å²) in [5, 5.41) is 10.3. The summed E-state index contributed by atoms with van der Waals surface area (Å²) in [6.45, 7) is 5.75. The number of nitrogens with zero attached hydrogens (tertiary/aromatic N) is 2. The smallest absolute Gasteiger partial charge is 0.0490 e. The van der Waals surface area contributed by atoms with Crippen LogP contribution < -0.4 is 5.32 Å². The number of hydrogen-bond acceptors (Lipinski definition) is 3. The largest absolute Gasteiger partial charge is 0.314 e. The minimum absolute atomic E-state index is 1.08. The Morgan fingerprint density at radius 1 is 1.38 bits per heavy atom. The van der Waals surface area contributed by atoms with Gasteiger partial charge in [-0.15, -0.1) is 0 Å². The number of hydrogen-bond donors (Lipinski definition) is 2. The lowest BCUT2D eigenvalue weighted by atomic mass is 10.2. The molecule has 2 N–H and O–H groups in total. The van der Waals surface area contributed by atoms with Crippen LogP contribution in [0.3, 0.4) is 0 Å². The summed E-state index contributed by atoms with van der Waals surface area (Å²) in [5.74, 6) is 0. The normalized spacial score (nSPS) is 19.1. The maximum Gasteiger partial charge on any atom is 0.0490 e. The first-order valence-corrected chi connectivity index (χ1v) is 4.86. The van der Waals surface area contributed by atoms with Gasteiger partial charge in [0.2, 0.25) is 0 Å². The number of aromatic amines is 1. The quantitative estimate of drug-likeness (QED) is 0.680. The Morgan fingerprint density at radius 2 is 2.23 bits per heavy atom. The number of H-pyrrole nitrogens is 1. The molecule has 0 radical (unpaired) electrons. The van der Waals surface area contributed by atoms with E-state index in [1.54, 1.807) is 0 Å². The third kappa shape index (κ3) is 2.54. The molecular weight excluding hydrogens is 164 g/mol. The highest BCUT2D eigenvalue weighted by atomic mass is 15.2. The predicted octanol–water partition coefficient (Wildman–Crippen LogP) is -0.143. The van der Waals surface area contributed by atoms with Crippen LogP contribution >= 0.6 is 0 Å². The molecule has 2 rings (SSSR count). The van der Waals surface area contributed by atoms with Crippen LogP contribution in [0, 0.1) is 0 Å². The molecule has 0 unspecified atom stereocenters. The second-order valence-electron chi connectivity index (χ2n) is 3.42. The van der Waals surface area contributed by atoms with Gasteiger partial charge in [0, 0.05) is 51.0 Å². The summed E-state index contributed by atoms with van der Waals surface area (Å²) >= 11 is 0. The molecule has 0 aromatic carbocycles. The van der Waals surface area contributed by atoms with Gasteiger partial charge in [-0.1, -0.05) is 0 Å². The highest BCUT2D eigenvalue weighted by molar-refractivity contribution is 4.97. The van der Waals surface area contributed by atoms with Gasteiger partial charge >= 0.3 is 0 Å². The first-order valence-electron chi connectivity index (χ1n) is 4.86. The summed E-state index contributed by atoms with van der Waals surface area (Å²) in [5.41, 5.74) is 1.23. The topological polar surface area (TPSA) is 44.0 Å². The number of rotatable bonds is 3. The first kappa shape index (κ1) is 8.72. The second kappa shape index (κ2) is 4.39. The van der Waals surface area contributed by atoms with Crippen molar-refractivity contribution in [3.63, 3.8) is 0 Å². The summed E-state index contributed by atoms with van der Waals surface area (Å²) in [4.78, 5) is 2.48. The standard InChI is InChI=1S/C9H16N4/c1-3-11-12-9(1)2-6-13-7-4-10-5-8-13/h1,3,10H,2,4-8H2,(H,11,12). The molecule has 0 bridgehead atoms. The maximum atomic E-state index is 3.93. The molecule has 0 saturated carbocycles. The highest BCUT2D eigenvalue weighted by Crippen LogP contribution is 1.97. The van der Waals surface area contributed by atoms with E-state index in [2.05, 4.69) is 20.4 Å². The van der Waals surface area contributed by atoms with Crippen LogP contribution in [0.4, 0.5) is 0 Å². The van der Waals surface area contributed by atoms with Crippen molar-refractivity contribution in [2.75, 3.05) is 32.7 Å². The molecule has 0 spiro atoms. The van der Waals surface area contributed by atoms with Crippen molar-refractivity contribution in [2.24, 2.45) is 0 Å². The Labute approximate surface area is 78.3 Å². The van der Waals surface area contributed by atoms with Gasteiger partial charge in [-0.3, -0.25) is 5.10 Å². The average molecular weight is 180 g/mol. The van der Waals surface area contributed by atoms with Crippen molar-refractivity contribution in [3.8, 4) is 0 Å². The summed E-state index contributed by atoms with van der Waals surface area (Å²) in [7, 11) is 0. The molecule has 13 heavy (non-hydrogen) atoms. The van der Waals surface area contributed by atoms with E-state index in [9.17, 15) is 0 Å². The van der Waals surface area contributed by atoms with Gasteiger partial charge < -0.3 is 10.2 Å². The molecule has 1 aromatic rings. The molecule has 0 aliphatic carbocycles. The maximum absolute atomic E-state index is 3.93. The van der Waals surface area contributed by atoms with E-state index in [4.69, 9.17) is 0 Å². The highest BCUT2D eigenvalue weighted by Gasteiger charge is 2.08. The molecular formula is C9H16N4. The minimum atomic E-state index is 1.08. The van der Waals surface area contributed by atoms with Crippen molar-refractivity contribution < 1.29 is 0 Å².